The first-order valence-corrected chi connectivity index (χ1v) is 8.98. The molecule has 1 unspecified atom stereocenters. The van der Waals surface area contributed by atoms with Crippen molar-refractivity contribution in [1.29, 1.82) is 0 Å². The minimum Gasteiger partial charge on any atom is -0.493 e. The van der Waals surface area contributed by atoms with Crippen molar-refractivity contribution in [1.82, 2.24) is 10.3 Å². The van der Waals surface area contributed by atoms with Crippen LogP contribution in [0.1, 0.15) is 18.9 Å². The van der Waals surface area contributed by atoms with Crippen LogP contribution < -0.4 is 20.3 Å². The van der Waals surface area contributed by atoms with E-state index in [-0.39, 0.29) is 0 Å². The summed E-state index contributed by atoms with van der Waals surface area (Å²) in [5, 5.41) is 6.89. The molecule has 3 rings (SSSR count). The highest BCUT2D eigenvalue weighted by molar-refractivity contribution is 7.80. The summed E-state index contributed by atoms with van der Waals surface area (Å²) in [6.07, 6.45) is 3.85. The fourth-order valence-corrected chi connectivity index (χ4v) is 3.42. The molecular weight excluding hydrogens is 332 g/mol. The Balaban J connectivity index is 1.45. The maximum atomic E-state index is 5.35. The molecule has 5 nitrogen and oxygen atoms in total. The SMILES string of the molecule is COc1cccnc1NC(=S)NCCCN1c2ccccc2CC1C. The molecule has 2 N–H and O–H groups in total. The van der Waals surface area contributed by atoms with Crippen LogP contribution in [0.25, 0.3) is 0 Å². The first-order valence-electron chi connectivity index (χ1n) is 8.57. The second-order valence-corrected chi connectivity index (χ2v) is 6.57. The normalized spacial score (nSPS) is 15.6. The Kier molecular flexibility index (Phi) is 5.71. The van der Waals surface area contributed by atoms with Crippen molar-refractivity contribution in [3.63, 3.8) is 0 Å². The Bertz CT molecular complexity index is 737. The van der Waals surface area contributed by atoms with Crippen LogP contribution in [0.15, 0.2) is 42.6 Å². The van der Waals surface area contributed by atoms with Crippen LogP contribution in [0, 0.1) is 0 Å². The topological polar surface area (TPSA) is 49.4 Å². The van der Waals surface area contributed by atoms with Crippen LogP contribution >= 0.6 is 12.2 Å². The number of hydrogen-bond acceptors (Lipinski definition) is 4. The molecule has 0 radical (unpaired) electrons. The van der Waals surface area contributed by atoms with E-state index in [1.54, 1.807) is 13.3 Å². The average Bonchev–Trinajstić information content (AvgIpc) is 2.94. The Morgan fingerprint density at radius 3 is 3.00 bits per heavy atom. The van der Waals surface area contributed by atoms with E-state index < -0.39 is 0 Å². The van der Waals surface area contributed by atoms with Crippen LogP contribution in [0.2, 0.25) is 0 Å². The van der Waals surface area contributed by atoms with Gasteiger partial charge in [0, 0.05) is 31.0 Å². The molecule has 1 atom stereocenters. The molecule has 0 saturated heterocycles. The van der Waals surface area contributed by atoms with Crippen LogP contribution in [0.3, 0.4) is 0 Å². The summed E-state index contributed by atoms with van der Waals surface area (Å²) in [6, 6.07) is 12.9. The van der Waals surface area contributed by atoms with Crippen molar-refractivity contribution in [3.8, 4) is 5.75 Å². The number of fused-ring (bicyclic) bond motifs is 1. The average molecular weight is 356 g/mol. The largest absolute Gasteiger partial charge is 0.493 e. The molecule has 0 spiro atoms. The zero-order valence-corrected chi connectivity index (χ0v) is 15.5. The summed E-state index contributed by atoms with van der Waals surface area (Å²) in [5.74, 6) is 1.30. The Hall–Kier alpha value is -2.34. The van der Waals surface area contributed by atoms with E-state index in [0.29, 0.717) is 22.7 Å². The van der Waals surface area contributed by atoms with E-state index in [0.717, 1.165) is 25.9 Å². The zero-order chi connectivity index (χ0) is 17.6. The van der Waals surface area contributed by atoms with E-state index in [1.165, 1.54) is 11.3 Å². The standard InChI is InChI=1S/C19H24N4OS/c1-14-13-15-7-3-4-8-16(15)23(14)12-6-11-21-19(25)22-18-17(24-2)9-5-10-20-18/h3-5,7-10,14H,6,11-13H2,1-2H3,(H2,20,21,22,25). The summed E-state index contributed by atoms with van der Waals surface area (Å²) in [7, 11) is 1.62. The van der Waals surface area contributed by atoms with Crippen molar-refractivity contribution in [2.45, 2.75) is 25.8 Å². The molecule has 132 valence electrons. The number of nitrogens with one attached hydrogen (secondary N) is 2. The van der Waals surface area contributed by atoms with Crippen molar-refractivity contribution in [2.24, 2.45) is 0 Å². The minimum absolute atomic E-state index is 0.556. The van der Waals surface area contributed by atoms with Crippen molar-refractivity contribution in [2.75, 3.05) is 30.4 Å². The molecule has 2 heterocycles. The van der Waals surface area contributed by atoms with E-state index >= 15 is 0 Å². The molecule has 1 aromatic heterocycles. The van der Waals surface area contributed by atoms with Gasteiger partial charge in [0.25, 0.3) is 0 Å². The van der Waals surface area contributed by atoms with E-state index in [1.807, 2.05) is 12.1 Å². The van der Waals surface area contributed by atoms with Crippen LogP contribution in [0.4, 0.5) is 11.5 Å². The van der Waals surface area contributed by atoms with Gasteiger partial charge >= 0.3 is 0 Å². The van der Waals surface area contributed by atoms with E-state index in [9.17, 15) is 0 Å². The number of thiocarbonyl (C=S) groups is 1. The summed E-state index contributed by atoms with van der Waals surface area (Å²) >= 11 is 5.35. The van der Waals surface area contributed by atoms with Gasteiger partial charge in [0.2, 0.25) is 0 Å². The molecule has 0 saturated carbocycles. The van der Waals surface area contributed by atoms with Gasteiger partial charge in [0.05, 0.1) is 7.11 Å². The van der Waals surface area contributed by atoms with Gasteiger partial charge in [0.1, 0.15) is 0 Å². The lowest BCUT2D eigenvalue weighted by Gasteiger charge is -2.25. The van der Waals surface area contributed by atoms with E-state index in [4.69, 9.17) is 17.0 Å². The smallest absolute Gasteiger partial charge is 0.174 e. The number of anilines is 2. The molecular formula is C19H24N4OS. The Labute approximate surface area is 154 Å². The number of benzene rings is 1. The third kappa shape index (κ3) is 4.20. The molecule has 1 aromatic carbocycles. The minimum atomic E-state index is 0.556. The molecule has 0 bridgehead atoms. The number of ether oxygens (including phenoxy) is 1. The highest BCUT2D eigenvalue weighted by Crippen LogP contribution is 2.31. The lowest BCUT2D eigenvalue weighted by molar-refractivity contribution is 0.415. The van der Waals surface area contributed by atoms with E-state index in [2.05, 4.69) is 51.7 Å². The Morgan fingerprint density at radius 2 is 2.16 bits per heavy atom. The maximum Gasteiger partial charge on any atom is 0.174 e. The number of nitrogens with zero attached hydrogens (tertiary/aromatic N) is 2. The van der Waals surface area contributed by atoms with Gasteiger partial charge in [-0.15, -0.1) is 0 Å². The van der Waals surface area contributed by atoms with Gasteiger partial charge in [0.15, 0.2) is 16.7 Å². The lowest BCUT2D eigenvalue weighted by Crippen LogP contribution is -2.34. The third-order valence-electron chi connectivity index (χ3n) is 4.43. The summed E-state index contributed by atoms with van der Waals surface area (Å²) in [4.78, 5) is 6.73. The highest BCUT2D eigenvalue weighted by Gasteiger charge is 2.24. The van der Waals surface area contributed by atoms with Crippen molar-refractivity contribution >= 4 is 28.8 Å². The molecule has 0 amide bonds. The van der Waals surface area contributed by atoms with Crippen LogP contribution in [0.5, 0.6) is 5.75 Å². The van der Waals surface area contributed by atoms with Crippen molar-refractivity contribution < 1.29 is 4.74 Å². The predicted molar refractivity (Wildman–Crippen MR) is 107 cm³/mol. The second-order valence-electron chi connectivity index (χ2n) is 6.16. The summed E-state index contributed by atoms with van der Waals surface area (Å²) in [5.41, 5.74) is 2.82. The van der Waals surface area contributed by atoms with Gasteiger partial charge in [-0.25, -0.2) is 4.98 Å². The Morgan fingerprint density at radius 1 is 1.32 bits per heavy atom. The quantitative estimate of drug-likeness (QED) is 0.612. The summed E-state index contributed by atoms with van der Waals surface area (Å²) in [6.45, 7) is 4.11. The van der Waals surface area contributed by atoms with Crippen molar-refractivity contribution in [3.05, 3.63) is 48.2 Å². The molecule has 2 aromatic rings. The maximum absolute atomic E-state index is 5.35. The first kappa shape index (κ1) is 17.5. The number of rotatable bonds is 6. The monoisotopic (exact) mass is 356 g/mol. The first-order chi connectivity index (χ1) is 12.2. The molecule has 1 aliphatic rings. The highest BCUT2D eigenvalue weighted by atomic mass is 32.1. The fraction of sp³-hybridized carbons (Fsp3) is 0.368. The summed E-state index contributed by atoms with van der Waals surface area (Å²) < 4.78 is 5.27. The van der Waals surface area contributed by atoms with Gasteiger partial charge in [-0.05, 0) is 55.7 Å². The van der Waals surface area contributed by atoms with Gasteiger partial charge < -0.3 is 20.3 Å². The number of para-hydroxylation sites is 1. The molecule has 0 aliphatic carbocycles. The molecule has 1 aliphatic heterocycles. The van der Waals surface area contributed by atoms with Crippen LogP contribution in [-0.2, 0) is 6.42 Å². The molecule has 0 fully saturated rings. The third-order valence-corrected chi connectivity index (χ3v) is 4.68. The lowest BCUT2D eigenvalue weighted by atomic mass is 10.1. The number of hydrogen-bond donors (Lipinski definition) is 2. The number of pyridine rings is 1. The van der Waals surface area contributed by atoms with Gasteiger partial charge in [-0.1, -0.05) is 18.2 Å². The second kappa shape index (κ2) is 8.16. The number of methoxy groups -OCH3 is 1. The molecule has 6 heteroatoms. The molecule has 25 heavy (non-hydrogen) atoms. The van der Waals surface area contributed by atoms with Gasteiger partial charge in [-0.3, -0.25) is 0 Å². The predicted octanol–water partition coefficient (Wildman–Crippen LogP) is 3.22. The van der Waals surface area contributed by atoms with Gasteiger partial charge in [-0.2, -0.15) is 0 Å². The fourth-order valence-electron chi connectivity index (χ4n) is 3.22. The van der Waals surface area contributed by atoms with Crippen LogP contribution in [-0.4, -0.2) is 36.3 Å². The number of aromatic nitrogens is 1. The zero-order valence-electron chi connectivity index (χ0n) is 14.7.